The minimum Gasteiger partial charge on any atom is -0.387 e. The smallest absolute Gasteiger partial charge is 0.160 e. The van der Waals surface area contributed by atoms with E-state index in [1.54, 1.807) is 7.11 Å². The van der Waals surface area contributed by atoms with Gasteiger partial charge in [-0.25, -0.2) is 0 Å². The highest BCUT2D eigenvalue weighted by atomic mass is 79.9. The van der Waals surface area contributed by atoms with Gasteiger partial charge in [0.25, 0.3) is 0 Å². The van der Waals surface area contributed by atoms with Gasteiger partial charge >= 0.3 is 0 Å². The number of halogens is 2. The number of ketones is 1. The minimum atomic E-state index is -0.624. The number of alkyl halides is 2. The minimum absolute atomic E-state index is 0.173. The predicted molar refractivity (Wildman–Crippen MR) is 119 cm³/mol. The van der Waals surface area contributed by atoms with Crippen LogP contribution in [0.4, 0.5) is 0 Å². The van der Waals surface area contributed by atoms with E-state index in [1.807, 2.05) is 0 Å². The Labute approximate surface area is 187 Å². The van der Waals surface area contributed by atoms with Crippen LogP contribution < -0.4 is 0 Å². The molecule has 8 atom stereocenters. The van der Waals surface area contributed by atoms with Crippen molar-refractivity contribution in [3.63, 3.8) is 0 Å². The largest absolute Gasteiger partial charge is 0.387 e. The molecule has 0 bridgehead atoms. The van der Waals surface area contributed by atoms with E-state index in [9.17, 15) is 9.90 Å². The van der Waals surface area contributed by atoms with Crippen LogP contribution in [-0.2, 0) is 9.53 Å². The lowest BCUT2D eigenvalue weighted by Crippen LogP contribution is -2.57. The van der Waals surface area contributed by atoms with E-state index in [1.165, 1.54) is 32.1 Å². The summed E-state index contributed by atoms with van der Waals surface area (Å²) in [7, 11) is 1.70. The summed E-state index contributed by atoms with van der Waals surface area (Å²) in [6, 6.07) is 0. The Balaban J connectivity index is 1.55. The standard InChI is InChI=1S/C23H36Br2O3/c1-21-10-11-23(27,13-28-3)12-14(21)4-5-15-16-6-7-18(19(26)20(24)25)22(16,2)9-8-17(15)21/h14-18,20,27H,4-13H2,1-3H3/t14-,15-,16-,17-,18+,21-,22-,23+/m0/s1. The van der Waals surface area contributed by atoms with Gasteiger partial charge in [0.15, 0.2) is 5.78 Å². The van der Waals surface area contributed by atoms with Gasteiger partial charge in [0.2, 0.25) is 0 Å². The van der Waals surface area contributed by atoms with Crippen LogP contribution in [0.5, 0.6) is 0 Å². The molecular formula is C23H36Br2O3. The number of hydrogen-bond acceptors (Lipinski definition) is 3. The summed E-state index contributed by atoms with van der Waals surface area (Å²) in [6.07, 6.45) is 10.1. The monoisotopic (exact) mass is 518 g/mol. The van der Waals surface area contributed by atoms with Crippen molar-refractivity contribution in [1.82, 2.24) is 0 Å². The third-order valence-corrected chi connectivity index (χ3v) is 10.7. The van der Waals surface area contributed by atoms with Gasteiger partial charge in [-0.2, -0.15) is 0 Å². The van der Waals surface area contributed by atoms with Crippen molar-refractivity contribution in [3.8, 4) is 0 Å². The molecule has 0 spiro atoms. The fourth-order valence-corrected chi connectivity index (χ4v) is 8.98. The summed E-state index contributed by atoms with van der Waals surface area (Å²) in [6.45, 7) is 5.41. The second-order valence-corrected chi connectivity index (χ2v) is 14.0. The lowest BCUT2D eigenvalue weighted by atomic mass is 9.44. The van der Waals surface area contributed by atoms with Gasteiger partial charge in [0.1, 0.15) is 3.74 Å². The average molecular weight is 520 g/mol. The molecule has 3 nitrogen and oxygen atoms in total. The SMILES string of the molecule is COC[C@@]1(O)CC[C@@]2(C)[C@@H](CC[C@@H]3[C@@H]2CC[C@]2(C)[C@@H](C(=O)C(Br)Br)CC[C@@H]32)C1. The summed E-state index contributed by atoms with van der Waals surface area (Å²) in [5.41, 5.74) is -0.104. The molecule has 160 valence electrons. The highest BCUT2D eigenvalue weighted by Gasteiger charge is 2.62. The Morgan fingerprint density at radius 1 is 1.04 bits per heavy atom. The first-order valence-corrected chi connectivity index (χ1v) is 13.0. The molecule has 0 aromatic heterocycles. The first kappa shape index (κ1) is 21.8. The molecule has 0 saturated heterocycles. The molecule has 4 saturated carbocycles. The van der Waals surface area contributed by atoms with E-state index in [2.05, 4.69) is 45.7 Å². The number of rotatable bonds is 4. The number of carbonyl (C=O) groups is 1. The Morgan fingerprint density at radius 2 is 1.75 bits per heavy atom. The zero-order valence-electron chi connectivity index (χ0n) is 17.6. The molecule has 0 radical (unpaired) electrons. The van der Waals surface area contributed by atoms with Crippen molar-refractivity contribution in [3.05, 3.63) is 0 Å². The third kappa shape index (κ3) is 3.29. The zero-order valence-corrected chi connectivity index (χ0v) is 20.7. The van der Waals surface area contributed by atoms with Crippen LogP contribution in [0.3, 0.4) is 0 Å². The molecule has 4 rings (SSSR count). The van der Waals surface area contributed by atoms with E-state index in [0.29, 0.717) is 29.6 Å². The van der Waals surface area contributed by atoms with Gasteiger partial charge in [0, 0.05) is 13.0 Å². The fourth-order valence-electron chi connectivity index (χ4n) is 8.34. The van der Waals surface area contributed by atoms with Crippen molar-refractivity contribution >= 4 is 37.6 Å². The number of aliphatic hydroxyl groups is 1. The molecule has 4 aliphatic carbocycles. The molecular weight excluding hydrogens is 484 g/mol. The summed E-state index contributed by atoms with van der Waals surface area (Å²) >= 11 is 6.94. The van der Waals surface area contributed by atoms with Crippen LogP contribution in [0.1, 0.15) is 71.6 Å². The van der Waals surface area contributed by atoms with Crippen molar-refractivity contribution < 1.29 is 14.6 Å². The molecule has 0 aromatic rings. The second-order valence-electron chi connectivity index (χ2n) is 10.9. The Bertz CT molecular complexity index is 625. The summed E-state index contributed by atoms with van der Waals surface area (Å²) in [5, 5.41) is 11.0. The normalized spacial score (nSPS) is 50.8. The number of fused-ring (bicyclic) bond motifs is 5. The predicted octanol–water partition coefficient (Wildman–Crippen LogP) is 5.71. The van der Waals surface area contributed by atoms with Crippen molar-refractivity contribution in [2.24, 2.45) is 40.4 Å². The third-order valence-electron chi connectivity index (χ3n) is 9.79. The summed E-state index contributed by atoms with van der Waals surface area (Å²) in [4.78, 5) is 12.9. The first-order chi connectivity index (χ1) is 13.1. The molecule has 5 heteroatoms. The average Bonchev–Trinajstić information content (AvgIpc) is 2.99. The molecule has 4 fully saturated rings. The molecule has 0 unspecified atom stereocenters. The summed E-state index contributed by atoms with van der Waals surface area (Å²) in [5.74, 6) is 3.37. The van der Waals surface area contributed by atoms with Crippen LogP contribution in [0, 0.1) is 40.4 Å². The van der Waals surface area contributed by atoms with Crippen LogP contribution in [0.25, 0.3) is 0 Å². The number of Topliss-reactive ketones (excluding diaryl/α,β-unsaturated/α-hetero) is 1. The van der Waals surface area contributed by atoms with Crippen molar-refractivity contribution in [1.29, 1.82) is 0 Å². The number of hydrogen-bond donors (Lipinski definition) is 1. The lowest BCUT2D eigenvalue weighted by molar-refractivity contribution is -0.163. The molecule has 4 aliphatic rings. The Morgan fingerprint density at radius 3 is 2.43 bits per heavy atom. The molecule has 0 heterocycles. The highest BCUT2D eigenvalue weighted by Crippen LogP contribution is 2.68. The number of carbonyl (C=O) groups excluding carboxylic acids is 1. The van der Waals surface area contributed by atoms with E-state index >= 15 is 0 Å². The fraction of sp³-hybridized carbons (Fsp3) is 0.957. The molecule has 0 aliphatic heterocycles. The van der Waals surface area contributed by atoms with Crippen LogP contribution >= 0.6 is 31.9 Å². The Hall–Kier alpha value is 0.550. The van der Waals surface area contributed by atoms with Gasteiger partial charge in [-0.15, -0.1) is 0 Å². The van der Waals surface area contributed by atoms with E-state index in [4.69, 9.17) is 4.74 Å². The highest BCUT2D eigenvalue weighted by molar-refractivity contribution is 9.25. The number of ether oxygens (including phenoxy) is 1. The van der Waals surface area contributed by atoms with Crippen molar-refractivity contribution in [2.75, 3.05) is 13.7 Å². The Kier molecular flexibility index (Phi) is 5.91. The van der Waals surface area contributed by atoms with Crippen molar-refractivity contribution in [2.45, 2.75) is 81.0 Å². The molecule has 28 heavy (non-hydrogen) atoms. The van der Waals surface area contributed by atoms with Gasteiger partial charge in [-0.3, -0.25) is 4.79 Å². The van der Waals surface area contributed by atoms with Crippen LogP contribution in [-0.4, -0.2) is 33.9 Å². The number of methoxy groups -OCH3 is 1. The van der Waals surface area contributed by atoms with Gasteiger partial charge in [-0.1, -0.05) is 45.7 Å². The van der Waals surface area contributed by atoms with Gasteiger partial charge in [-0.05, 0) is 92.3 Å². The van der Waals surface area contributed by atoms with E-state index in [-0.39, 0.29) is 15.1 Å². The second kappa shape index (κ2) is 7.60. The first-order valence-electron chi connectivity index (χ1n) is 11.2. The van der Waals surface area contributed by atoms with Crippen LogP contribution in [0.15, 0.2) is 0 Å². The quantitative estimate of drug-likeness (QED) is 0.484. The van der Waals surface area contributed by atoms with E-state index < -0.39 is 5.60 Å². The lowest BCUT2D eigenvalue weighted by Gasteiger charge is -2.62. The topological polar surface area (TPSA) is 46.5 Å². The van der Waals surface area contributed by atoms with Crippen LogP contribution in [0.2, 0.25) is 0 Å². The van der Waals surface area contributed by atoms with E-state index in [0.717, 1.165) is 37.5 Å². The van der Waals surface area contributed by atoms with Gasteiger partial charge in [0.05, 0.1) is 12.2 Å². The maximum absolute atomic E-state index is 12.9. The molecule has 0 amide bonds. The molecule has 1 N–H and O–H groups in total. The van der Waals surface area contributed by atoms with Gasteiger partial charge < -0.3 is 9.84 Å². The zero-order chi connectivity index (χ0) is 20.3. The maximum atomic E-state index is 12.9. The summed E-state index contributed by atoms with van der Waals surface area (Å²) < 4.78 is 5.13. The molecule has 0 aromatic carbocycles. The maximum Gasteiger partial charge on any atom is 0.160 e.